The van der Waals surface area contributed by atoms with Crippen LogP contribution in [0.2, 0.25) is 4.34 Å². The maximum absolute atomic E-state index is 14.5. The van der Waals surface area contributed by atoms with Crippen LogP contribution in [0.15, 0.2) is 36.7 Å². The second-order valence-corrected chi connectivity index (χ2v) is 11.2. The molecule has 0 aliphatic carbocycles. The summed E-state index contributed by atoms with van der Waals surface area (Å²) >= 11 is 7.37. The van der Waals surface area contributed by atoms with E-state index in [2.05, 4.69) is 36.3 Å². The average molecular weight is 531 g/mol. The lowest BCUT2D eigenvalue weighted by Gasteiger charge is -2.45. The van der Waals surface area contributed by atoms with Gasteiger partial charge in [-0.3, -0.25) is 20.1 Å². The number of nitrogens with one attached hydrogen (secondary N) is 2. The Kier molecular flexibility index (Phi) is 5.94. The van der Waals surface area contributed by atoms with Crippen LogP contribution in [0.25, 0.3) is 11.4 Å². The minimum absolute atomic E-state index is 0.0325. The minimum Gasteiger partial charge on any atom is -0.363 e. The first-order chi connectivity index (χ1) is 17.3. The molecule has 2 aliphatic heterocycles. The molecule has 0 radical (unpaired) electrons. The Bertz CT molecular complexity index is 1380. The topological polar surface area (TPSA) is 82.7 Å². The molecule has 2 aliphatic rings. The van der Waals surface area contributed by atoms with E-state index in [1.807, 2.05) is 19.1 Å². The molecule has 0 saturated carbocycles. The van der Waals surface area contributed by atoms with Gasteiger partial charge >= 0.3 is 0 Å². The Morgan fingerprint density at radius 2 is 2.00 bits per heavy atom. The first kappa shape index (κ1) is 23.7. The van der Waals surface area contributed by atoms with Crippen LogP contribution in [0, 0.1) is 6.92 Å². The Morgan fingerprint density at radius 3 is 2.78 bits per heavy atom. The number of aromatic nitrogens is 5. The molecule has 36 heavy (non-hydrogen) atoms. The fraction of sp³-hybridized carbons (Fsp3) is 0.400. The van der Waals surface area contributed by atoms with Gasteiger partial charge < -0.3 is 4.74 Å². The number of pyridine rings is 1. The van der Waals surface area contributed by atoms with Crippen LogP contribution in [-0.2, 0) is 29.2 Å². The maximum atomic E-state index is 14.5. The predicted molar refractivity (Wildman–Crippen MR) is 133 cm³/mol. The molecule has 188 valence electrons. The van der Waals surface area contributed by atoms with E-state index in [1.165, 1.54) is 17.4 Å². The average Bonchev–Trinajstić information content (AvgIpc) is 3.61. The van der Waals surface area contributed by atoms with E-state index >= 15 is 0 Å². The summed E-state index contributed by atoms with van der Waals surface area (Å²) in [6.07, 6.45) is 5.46. The second kappa shape index (κ2) is 9.02. The molecule has 0 aromatic carbocycles. The van der Waals surface area contributed by atoms with Crippen molar-refractivity contribution >= 4 is 22.9 Å². The number of alkyl halides is 2. The molecular formula is C25H25ClF2N6OS. The van der Waals surface area contributed by atoms with Gasteiger partial charge in [-0.15, -0.1) is 11.3 Å². The van der Waals surface area contributed by atoms with Crippen molar-refractivity contribution in [3.05, 3.63) is 74.0 Å². The van der Waals surface area contributed by atoms with Crippen LogP contribution in [0.4, 0.5) is 8.78 Å². The molecule has 4 aromatic rings. The van der Waals surface area contributed by atoms with Gasteiger partial charge in [-0.1, -0.05) is 17.7 Å². The molecule has 1 saturated heterocycles. The number of piperidine rings is 1. The van der Waals surface area contributed by atoms with Crippen molar-refractivity contribution < 1.29 is 13.5 Å². The molecule has 1 spiro atoms. The van der Waals surface area contributed by atoms with Crippen LogP contribution >= 0.6 is 22.9 Å². The third-order valence-corrected chi connectivity index (χ3v) is 8.66. The summed E-state index contributed by atoms with van der Waals surface area (Å²) in [5, 5.41) is 14.8. The number of H-pyrrole nitrogens is 2. The molecular weight excluding hydrogens is 506 g/mol. The number of aryl methyl sites for hydroxylation is 1. The summed E-state index contributed by atoms with van der Waals surface area (Å²) in [6.45, 7) is 3.53. The van der Waals surface area contributed by atoms with E-state index in [4.69, 9.17) is 16.3 Å². The number of thiophene rings is 1. The van der Waals surface area contributed by atoms with Crippen molar-refractivity contribution in [3.63, 3.8) is 0 Å². The van der Waals surface area contributed by atoms with Crippen LogP contribution < -0.4 is 0 Å². The lowest BCUT2D eigenvalue weighted by atomic mass is 9.84. The molecule has 6 heterocycles. The van der Waals surface area contributed by atoms with Gasteiger partial charge in [-0.05, 0) is 43.5 Å². The summed E-state index contributed by atoms with van der Waals surface area (Å²) in [6, 6.07) is 7.35. The van der Waals surface area contributed by atoms with Crippen molar-refractivity contribution in [1.82, 2.24) is 30.3 Å². The zero-order chi connectivity index (χ0) is 24.9. The number of likely N-dealkylation sites (tertiary alicyclic amines) is 1. The maximum Gasteiger partial charge on any atom is 0.297 e. The van der Waals surface area contributed by atoms with Gasteiger partial charge in [0.25, 0.3) is 5.92 Å². The zero-order valence-electron chi connectivity index (χ0n) is 19.7. The highest BCUT2D eigenvalue weighted by Crippen LogP contribution is 2.52. The number of halogens is 3. The first-order valence-electron chi connectivity index (χ1n) is 11.9. The van der Waals surface area contributed by atoms with E-state index in [0.717, 1.165) is 33.9 Å². The Labute approximate surface area is 215 Å². The summed E-state index contributed by atoms with van der Waals surface area (Å²) in [7, 11) is 0. The van der Waals surface area contributed by atoms with Crippen molar-refractivity contribution in [2.75, 3.05) is 19.7 Å². The highest BCUT2D eigenvalue weighted by molar-refractivity contribution is 7.16. The van der Waals surface area contributed by atoms with E-state index in [0.29, 0.717) is 48.1 Å². The number of hydrogen-bond acceptors (Lipinski definition) is 6. The standard InChI is InChI=1S/C25H25ClF2N6OS/c1-15-18(22(33-31-15)21-16(3-2-7-29-21)11-17-4-8-30-32-17)13-34-9-5-24(6-10-34)23-19(12-20(26)36-23)25(27,28)14-35-24/h2-4,7-8,12H,5-6,9-11,13-14H2,1H3,(H,30,32)(H,31,33). The Hall–Kier alpha value is -2.66. The highest BCUT2D eigenvalue weighted by Gasteiger charge is 2.51. The third kappa shape index (κ3) is 4.15. The number of ether oxygens (including phenoxy) is 1. The van der Waals surface area contributed by atoms with Crippen LogP contribution in [0.3, 0.4) is 0 Å². The van der Waals surface area contributed by atoms with Gasteiger partial charge in [0.1, 0.15) is 17.9 Å². The fourth-order valence-corrected chi connectivity index (χ4v) is 6.71. The number of nitrogens with zero attached hydrogens (tertiary/aromatic N) is 4. The smallest absolute Gasteiger partial charge is 0.297 e. The summed E-state index contributed by atoms with van der Waals surface area (Å²) in [5.74, 6) is -3.00. The molecule has 4 aromatic heterocycles. The molecule has 0 amide bonds. The first-order valence-corrected chi connectivity index (χ1v) is 13.0. The predicted octanol–water partition coefficient (Wildman–Crippen LogP) is 5.42. The zero-order valence-corrected chi connectivity index (χ0v) is 21.2. The van der Waals surface area contributed by atoms with Crippen molar-refractivity contribution in [3.8, 4) is 11.4 Å². The highest BCUT2D eigenvalue weighted by atomic mass is 35.5. The van der Waals surface area contributed by atoms with Gasteiger partial charge in [-0.2, -0.15) is 19.0 Å². The normalized spacial score (nSPS) is 19.0. The van der Waals surface area contributed by atoms with Crippen LogP contribution in [0.5, 0.6) is 0 Å². The molecule has 7 nitrogen and oxygen atoms in total. The summed E-state index contributed by atoms with van der Waals surface area (Å²) < 4.78 is 35.2. The monoisotopic (exact) mass is 530 g/mol. The molecule has 11 heteroatoms. The third-order valence-electron chi connectivity index (χ3n) is 7.21. The molecule has 2 N–H and O–H groups in total. The number of fused-ring (bicyclic) bond motifs is 2. The van der Waals surface area contributed by atoms with Gasteiger partial charge in [-0.25, -0.2) is 0 Å². The summed E-state index contributed by atoms with van der Waals surface area (Å²) in [4.78, 5) is 7.58. The molecule has 6 rings (SSSR count). The van der Waals surface area contributed by atoms with Gasteiger partial charge in [0.2, 0.25) is 0 Å². The molecule has 0 atom stereocenters. The van der Waals surface area contributed by atoms with Gasteiger partial charge in [0.15, 0.2) is 0 Å². The van der Waals surface area contributed by atoms with Crippen LogP contribution in [-0.4, -0.2) is 50.0 Å². The van der Waals surface area contributed by atoms with Gasteiger partial charge in [0, 0.05) is 65.8 Å². The minimum atomic E-state index is -3.00. The van der Waals surface area contributed by atoms with Gasteiger partial charge in [0.05, 0.1) is 10.0 Å². The van der Waals surface area contributed by atoms with Crippen molar-refractivity contribution in [1.29, 1.82) is 0 Å². The Balaban J connectivity index is 1.23. The lowest BCUT2D eigenvalue weighted by molar-refractivity contribution is -0.182. The largest absolute Gasteiger partial charge is 0.363 e. The molecule has 1 fully saturated rings. The van der Waals surface area contributed by atoms with E-state index in [1.54, 1.807) is 12.4 Å². The fourth-order valence-electron chi connectivity index (χ4n) is 5.23. The Morgan fingerprint density at radius 1 is 1.17 bits per heavy atom. The summed E-state index contributed by atoms with van der Waals surface area (Å²) in [5.41, 5.74) is 5.16. The number of hydrogen-bond donors (Lipinski definition) is 2. The van der Waals surface area contributed by atoms with Crippen LogP contribution in [0.1, 0.15) is 45.8 Å². The van der Waals surface area contributed by atoms with E-state index in [-0.39, 0.29) is 5.56 Å². The van der Waals surface area contributed by atoms with E-state index in [9.17, 15) is 8.78 Å². The SMILES string of the molecule is Cc1[nH]nc(-c2ncccc2Cc2ccn[nH]2)c1CN1CCC2(CC1)OCC(F)(F)c1cc(Cl)sc12. The van der Waals surface area contributed by atoms with Crippen molar-refractivity contribution in [2.45, 2.75) is 44.3 Å². The number of aromatic amines is 2. The second-order valence-electron chi connectivity index (χ2n) is 9.50. The molecule has 0 bridgehead atoms. The lowest BCUT2D eigenvalue weighted by Crippen LogP contribution is -2.48. The number of rotatable bonds is 5. The van der Waals surface area contributed by atoms with Crippen molar-refractivity contribution in [2.24, 2.45) is 0 Å². The quantitative estimate of drug-likeness (QED) is 0.360. The molecule has 0 unspecified atom stereocenters. The van der Waals surface area contributed by atoms with E-state index < -0.39 is 18.1 Å².